The smallest absolute Gasteiger partial charge is 0.335 e. The van der Waals surface area contributed by atoms with Crippen molar-refractivity contribution < 1.29 is 19.4 Å². The lowest BCUT2D eigenvalue weighted by Crippen LogP contribution is -2.09. The highest BCUT2D eigenvalue weighted by atomic mass is 35.5. The fourth-order valence-electron chi connectivity index (χ4n) is 3.62. The lowest BCUT2D eigenvalue weighted by molar-refractivity contribution is -0.116. The van der Waals surface area contributed by atoms with Gasteiger partial charge in [0.25, 0.3) is 0 Å². The molecular weight excluding hydrogens is 476 g/mol. The molecule has 3 N–H and O–H groups in total. The zero-order valence-corrected chi connectivity index (χ0v) is 20.0. The van der Waals surface area contributed by atoms with Gasteiger partial charge in [0.1, 0.15) is 11.5 Å². The van der Waals surface area contributed by atoms with Crippen LogP contribution in [0, 0.1) is 6.92 Å². The molecule has 3 aromatic carbocycles. The molecule has 4 rings (SSSR count). The number of rotatable bonds is 8. The molecule has 0 aliphatic heterocycles. The number of Topliss-reactive ketones (excluding diaryl/α,β-unsaturated/α-hetero) is 1. The third-order valence-electron chi connectivity index (χ3n) is 5.37. The van der Waals surface area contributed by atoms with E-state index in [1.165, 1.54) is 23.9 Å². The van der Waals surface area contributed by atoms with Crippen molar-refractivity contribution in [3.63, 3.8) is 0 Å². The molecule has 0 atom stereocenters. The molecule has 8 nitrogen and oxygen atoms in total. The fraction of sp³-hybridized carbons (Fsp3) is 0.167. The number of carboxylic acids is 1. The SMILES string of the molecule is COc1ccc2c(C)ccc(-n3c(N)nnc3SCC(=O)Cc3ccc(C(=O)O)cc3Cl)c2c1. The van der Waals surface area contributed by atoms with Gasteiger partial charge < -0.3 is 15.6 Å². The van der Waals surface area contributed by atoms with Crippen LogP contribution in [0.5, 0.6) is 5.75 Å². The summed E-state index contributed by atoms with van der Waals surface area (Å²) < 4.78 is 7.11. The molecule has 0 fully saturated rings. The van der Waals surface area contributed by atoms with E-state index >= 15 is 0 Å². The number of anilines is 1. The van der Waals surface area contributed by atoms with E-state index in [2.05, 4.69) is 10.2 Å². The average Bonchev–Trinajstić information content (AvgIpc) is 3.19. The molecule has 0 saturated carbocycles. The summed E-state index contributed by atoms with van der Waals surface area (Å²) in [4.78, 5) is 23.7. The number of aromatic nitrogens is 3. The Morgan fingerprint density at radius 2 is 1.91 bits per heavy atom. The molecule has 0 saturated heterocycles. The molecule has 1 heterocycles. The maximum absolute atomic E-state index is 12.7. The van der Waals surface area contributed by atoms with Crippen LogP contribution in [0.15, 0.2) is 53.7 Å². The van der Waals surface area contributed by atoms with Gasteiger partial charge in [0.05, 0.1) is 24.1 Å². The minimum atomic E-state index is -1.08. The number of thioether (sulfide) groups is 1. The maximum Gasteiger partial charge on any atom is 0.335 e. The third-order valence-corrected chi connectivity index (χ3v) is 6.71. The van der Waals surface area contributed by atoms with Crippen LogP contribution in [0.25, 0.3) is 16.5 Å². The molecule has 0 bridgehead atoms. The van der Waals surface area contributed by atoms with E-state index in [1.54, 1.807) is 17.7 Å². The van der Waals surface area contributed by atoms with Crippen molar-refractivity contribution in [1.29, 1.82) is 0 Å². The number of carbonyl (C=O) groups is 2. The summed E-state index contributed by atoms with van der Waals surface area (Å²) in [6.45, 7) is 2.02. The van der Waals surface area contributed by atoms with Gasteiger partial charge in [0, 0.05) is 16.8 Å². The number of fused-ring (bicyclic) bond motifs is 1. The number of carboxylic acid groups (broad SMARTS) is 1. The van der Waals surface area contributed by atoms with E-state index in [1.807, 2.05) is 37.3 Å². The van der Waals surface area contributed by atoms with Crippen LogP contribution in [-0.2, 0) is 11.2 Å². The number of hydrogen-bond donors (Lipinski definition) is 2. The van der Waals surface area contributed by atoms with E-state index in [9.17, 15) is 9.59 Å². The lowest BCUT2D eigenvalue weighted by Gasteiger charge is -2.14. The van der Waals surface area contributed by atoms with Crippen molar-refractivity contribution in [3.8, 4) is 11.4 Å². The monoisotopic (exact) mass is 496 g/mol. The van der Waals surface area contributed by atoms with Crippen LogP contribution >= 0.6 is 23.4 Å². The Morgan fingerprint density at radius 3 is 2.62 bits per heavy atom. The number of benzene rings is 3. The molecule has 34 heavy (non-hydrogen) atoms. The fourth-order valence-corrected chi connectivity index (χ4v) is 4.68. The number of nitrogens with two attached hydrogens (primary N) is 1. The van der Waals surface area contributed by atoms with Gasteiger partial charge in [-0.05, 0) is 53.8 Å². The van der Waals surface area contributed by atoms with Gasteiger partial charge in [-0.1, -0.05) is 41.6 Å². The Kier molecular flexibility index (Phi) is 6.76. The molecule has 10 heteroatoms. The number of carbonyl (C=O) groups excluding carboxylic acids is 1. The highest BCUT2D eigenvalue weighted by Gasteiger charge is 2.18. The Labute approximate surface area is 204 Å². The van der Waals surface area contributed by atoms with Crippen molar-refractivity contribution in [2.75, 3.05) is 18.6 Å². The number of aryl methyl sites for hydroxylation is 1. The molecule has 0 aliphatic carbocycles. The number of nitrogens with zero attached hydrogens (tertiary/aromatic N) is 3. The summed E-state index contributed by atoms with van der Waals surface area (Å²) in [5.41, 5.74) is 8.67. The van der Waals surface area contributed by atoms with Crippen LogP contribution in [0.1, 0.15) is 21.5 Å². The number of hydrogen-bond acceptors (Lipinski definition) is 7. The van der Waals surface area contributed by atoms with Gasteiger partial charge in [-0.15, -0.1) is 10.2 Å². The van der Waals surface area contributed by atoms with E-state index < -0.39 is 5.97 Å². The molecule has 0 radical (unpaired) electrons. The molecule has 0 aliphatic rings. The van der Waals surface area contributed by atoms with Crippen LogP contribution in [0.4, 0.5) is 5.95 Å². The first-order chi connectivity index (χ1) is 16.3. The van der Waals surface area contributed by atoms with Gasteiger partial charge >= 0.3 is 5.97 Å². The molecule has 0 unspecified atom stereocenters. The Balaban J connectivity index is 1.58. The number of nitrogen functional groups attached to an aromatic ring is 1. The summed E-state index contributed by atoms with van der Waals surface area (Å²) in [5.74, 6) is -0.147. The van der Waals surface area contributed by atoms with Gasteiger partial charge in [0.15, 0.2) is 5.16 Å². The highest BCUT2D eigenvalue weighted by molar-refractivity contribution is 7.99. The topological polar surface area (TPSA) is 120 Å². The maximum atomic E-state index is 12.7. The van der Waals surface area contributed by atoms with E-state index in [0.717, 1.165) is 22.0 Å². The lowest BCUT2D eigenvalue weighted by atomic mass is 10.0. The molecule has 4 aromatic rings. The summed E-state index contributed by atoms with van der Waals surface area (Å²) in [5, 5.41) is 19.9. The standard InChI is InChI=1S/C24H21ClN4O4S/c1-13-3-8-21(19-11-17(33-2)6-7-18(13)19)29-23(26)27-28-24(29)34-12-16(30)9-14-4-5-15(22(31)32)10-20(14)25/h3-8,10-11H,9,12H2,1-2H3,(H2,26,27)(H,31,32). The third kappa shape index (κ3) is 4.71. The predicted octanol–water partition coefficient (Wildman–Crippen LogP) is 4.58. The minimum Gasteiger partial charge on any atom is -0.497 e. The zero-order chi connectivity index (χ0) is 24.4. The van der Waals surface area contributed by atoms with Crippen molar-refractivity contribution in [2.24, 2.45) is 0 Å². The summed E-state index contributed by atoms with van der Waals surface area (Å²) >= 11 is 7.38. The first-order valence-electron chi connectivity index (χ1n) is 10.2. The number of methoxy groups -OCH3 is 1. The summed E-state index contributed by atoms with van der Waals surface area (Å²) in [7, 11) is 1.61. The van der Waals surface area contributed by atoms with E-state index in [4.69, 9.17) is 27.2 Å². The van der Waals surface area contributed by atoms with E-state index in [0.29, 0.717) is 16.5 Å². The van der Waals surface area contributed by atoms with Crippen molar-refractivity contribution >= 4 is 51.8 Å². The number of aromatic carboxylic acids is 1. The van der Waals surface area contributed by atoms with Crippen molar-refractivity contribution in [3.05, 3.63) is 70.2 Å². The normalized spacial score (nSPS) is 11.0. The molecule has 174 valence electrons. The Morgan fingerprint density at radius 1 is 1.12 bits per heavy atom. The number of halogens is 1. The van der Waals surface area contributed by atoms with Crippen molar-refractivity contribution in [2.45, 2.75) is 18.5 Å². The molecule has 0 spiro atoms. The second-order valence-corrected chi connectivity index (χ2v) is 8.95. The molecular formula is C24H21ClN4O4S. The van der Waals surface area contributed by atoms with Crippen LogP contribution in [0.3, 0.4) is 0 Å². The van der Waals surface area contributed by atoms with Gasteiger partial charge in [-0.2, -0.15) is 0 Å². The van der Waals surface area contributed by atoms with E-state index in [-0.39, 0.29) is 34.5 Å². The first kappa shape index (κ1) is 23.6. The minimum absolute atomic E-state index is 0.0695. The van der Waals surface area contributed by atoms with Gasteiger partial charge in [-0.3, -0.25) is 9.36 Å². The average molecular weight is 497 g/mol. The van der Waals surface area contributed by atoms with Crippen LogP contribution in [-0.4, -0.2) is 44.5 Å². The van der Waals surface area contributed by atoms with Crippen molar-refractivity contribution in [1.82, 2.24) is 14.8 Å². The highest BCUT2D eigenvalue weighted by Crippen LogP contribution is 2.33. The first-order valence-corrected chi connectivity index (χ1v) is 11.6. The predicted molar refractivity (Wildman–Crippen MR) is 132 cm³/mol. The second-order valence-electron chi connectivity index (χ2n) is 7.60. The number of ether oxygens (including phenoxy) is 1. The quantitative estimate of drug-likeness (QED) is 0.340. The summed E-state index contributed by atoms with van der Waals surface area (Å²) in [6.07, 6.45) is 0.0695. The van der Waals surface area contributed by atoms with Crippen LogP contribution < -0.4 is 10.5 Å². The molecule has 0 amide bonds. The summed E-state index contributed by atoms with van der Waals surface area (Å²) in [6, 6.07) is 14.1. The second kappa shape index (κ2) is 9.74. The Hall–Kier alpha value is -3.56. The molecule has 1 aromatic heterocycles. The Bertz CT molecular complexity index is 1420. The van der Waals surface area contributed by atoms with Gasteiger partial charge in [-0.25, -0.2) is 4.79 Å². The van der Waals surface area contributed by atoms with Crippen LogP contribution in [0.2, 0.25) is 5.02 Å². The zero-order valence-electron chi connectivity index (χ0n) is 18.4. The number of ketones is 1. The largest absolute Gasteiger partial charge is 0.497 e. The van der Waals surface area contributed by atoms with Gasteiger partial charge in [0.2, 0.25) is 5.95 Å².